The third-order valence-electron chi connectivity index (χ3n) is 3.96. The minimum absolute atomic E-state index is 0.253. The van der Waals surface area contributed by atoms with Crippen LogP contribution in [0, 0.1) is 23.2 Å². The van der Waals surface area contributed by atoms with Crippen LogP contribution in [-0.4, -0.2) is 12.3 Å². The van der Waals surface area contributed by atoms with Crippen LogP contribution in [0.1, 0.15) is 73.6 Å². The molecule has 0 aliphatic carbocycles. The summed E-state index contributed by atoms with van der Waals surface area (Å²) >= 11 is 0. The molecule has 0 bridgehead atoms. The second-order valence-corrected chi connectivity index (χ2v) is 7.66. The topological polar surface area (TPSA) is 43.1 Å². The van der Waals surface area contributed by atoms with Crippen LogP contribution in [0.5, 0.6) is 0 Å². The Labute approximate surface area is 120 Å². The van der Waals surface area contributed by atoms with E-state index in [1.807, 2.05) is 0 Å². The van der Waals surface area contributed by atoms with Crippen molar-refractivity contribution in [1.29, 1.82) is 0 Å². The van der Waals surface area contributed by atoms with Gasteiger partial charge in [-0.15, -0.1) is 0 Å². The van der Waals surface area contributed by atoms with E-state index >= 15 is 0 Å². The third-order valence-corrected chi connectivity index (χ3v) is 3.96. The fourth-order valence-corrected chi connectivity index (χ4v) is 2.93. The van der Waals surface area contributed by atoms with Crippen LogP contribution in [0.25, 0.3) is 0 Å². The summed E-state index contributed by atoms with van der Waals surface area (Å²) in [5.41, 5.74) is 5.94. The van der Waals surface area contributed by atoms with Gasteiger partial charge in [-0.1, -0.05) is 41.5 Å². The molecule has 2 N–H and O–H groups in total. The molecule has 0 spiro atoms. The molecule has 0 fully saturated rings. The number of carbonyl (C=O) groups is 1. The van der Waals surface area contributed by atoms with Crippen LogP contribution in [-0.2, 0) is 4.79 Å². The molecular weight excluding hydrogens is 234 g/mol. The van der Waals surface area contributed by atoms with Crippen molar-refractivity contribution in [3.8, 4) is 0 Å². The first-order valence-electron chi connectivity index (χ1n) is 7.88. The summed E-state index contributed by atoms with van der Waals surface area (Å²) in [6, 6.07) is 0. The number of hydrogen-bond acceptors (Lipinski definition) is 2. The van der Waals surface area contributed by atoms with Gasteiger partial charge in [0, 0.05) is 12.8 Å². The van der Waals surface area contributed by atoms with E-state index in [0.717, 1.165) is 38.6 Å². The summed E-state index contributed by atoms with van der Waals surface area (Å²) in [5.74, 6) is 2.19. The molecule has 0 aromatic rings. The van der Waals surface area contributed by atoms with Gasteiger partial charge in [0.15, 0.2) is 0 Å². The van der Waals surface area contributed by atoms with Crippen molar-refractivity contribution in [3.05, 3.63) is 0 Å². The van der Waals surface area contributed by atoms with Crippen molar-refractivity contribution in [3.63, 3.8) is 0 Å². The van der Waals surface area contributed by atoms with Gasteiger partial charge in [-0.3, -0.25) is 4.79 Å². The molecular formula is C17H35NO. The lowest BCUT2D eigenvalue weighted by atomic mass is 9.75. The number of carbonyl (C=O) groups excluding carboxylic acids is 1. The minimum atomic E-state index is 0.253. The van der Waals surface area contributed by atoms with E-state index in [-0.39, 0.29) is 5.41 Å². The average molecular weight is 269 g/mol. The summed E-state index contributed by atoms with van der Waals surface area (Å²) in [6.07, 6.45) is 4.64. The molecule has 114 valence electrons. The minimum Gasteiger partial charge on any atom is -0.330 e. The normalized spacial score (nSPS) is 15.6. The summed E-state index contributed by atoms with van der Waals surface area (Å²) < 4.78 is 0. The van der Waals surface area contributed by atoms with Crippen LogP contribution >= 0.6 is 0 Å². The Morgan fingerprint density at radius 2 is 1.68 bits per heavy atom. The number of hydrogen-bond donors (Lipinski definition) is 1. The molecule has 0 aliphatic rings. The highest BCUT2D eigenvalue weighted by Crippen LogP contribution is 2.32. The second kappa shape index (κ2) is 8.73. The molecule has 2 heteroatoms. The van der Waals surface area contributed by atoms with Crippen LogP contribution < -0.4 is 5.73 Å². The summed E-state index contributed by atoms with van der Waals surface area (Å²) in [5, 5.41) is 0. The predicted octanol–water partition coefficient (Wildman–Crippen LogP) is 4.42. The van der Waals surface area contributed by atoms with Crippen molar-refractivity contribution in [1.82, 2.24) is 0 Å². The monoisotopic (exact) mass is 269 g/mol. The van der Waals surface area contributed by atoms with Crippen LogP contribution in [0.4, 0.5) is 0 Å². The van der Waals surface area contributed by atoms with Gasteiger partial charge in [-0.2, -0.15) is 0 Å². The SMILES string of the molecule is CC(C)CC(C)CC(=O)CCC(CCN)C(C)(C)C. The Bertz CT molecular complexity index is 252. The van der Waals surface area contributed by atoms with Crippen LogP contribution in [0.15, 0.2) is 0 Å². The Balaban J connectivity index is 4.12. The lowest BCUT2D eigenvalue weighted by Crippen LogP contribution is -2.24. The molecule has 0 heterocycles. The molecule has 0 aromatic carbocycles. The predicted molar refractivity (Wildman–Crippen MR) is 84.1 cm³/mol. The maximum atomic E-state index is 12.0. The molecule has 2 atom stereocenters. The van der Waals surface area contributed by atoms with Crippen molar-refractivity contribution in [2.24, 2.45) is 28.9 Å². The van der Waals surface area contributed by atoms with E-state index in [2.05, 4.69) is 41.5 Å². The van der Waals surface area contributed by atoms with Crippen molar-refractivity contribution in [2.75, 3.05) is 6.54 Å². The first-order chi connectivity index (χ1) is 8.66. The lowest BCUT2D eigenvalue weighted by molar-refractivity contribution is -0.120. The standard InChI is InChI=1S/C17H35NO/c1-13(2)11-14(3)12-16(19)8-7-15(9-10-18)17(4,5)6/h13-15H,7-12,18H2,1-6H3. The molecule has 0 aromatic heterocycles. The fraction of sp³-hybridized carbons (Fsp3) is 0.941. The van der Waals surface area contributed by atoms with Gasteiger partial charge in [0.05, 0.1) is 0 Å². The van der Waals surface area contributed by atoms with Gasteiger partial charge in [0.2, 0.25) is 0 Å². The fourth-order valence-electron chi connectivity index (χ4n) is 2.93. The van der Waals surface area contributed by atoms with Gasteiger partial charge in [0.25, 0.3) is 0 Å². The number of Topliss-reactive ketones (excluding diaryl/α,β-unsaturated/α-hetero) is 1. The summed E-state index contributed by atoms with van der Waals surface area (Å²) in [7, 11) is 0. The summed E-state index contributed by atoms with van der Waals surface area (Å²) in [6.45, 7) is 14.1. The van der Waals surface area contributed by atoms with E-state index < -0.39 is 0 Å². The van der Waals surface area contributed by atoms with Crippen LogP contribution in [0.3, 0.4) is 0 Å². The van der Waals surface area contributed by atoms with E-state index in [1.54, 1.807) is 0 Å². The largest absolute Gasteiger partial charge is 0.330 e. The maximum Gasteiger partial charge on any atom is 0.133 e. The Morgan fingerprint density at radius 1 is 1.11 bits per heavy atom. The lowest BCUT2D eigenvalue weighted by Gasteiger charge is -2.30. The summed E-state index contributed by atoms with van der Waals surface area (Å²) in [4.78, 5) is 12.0. The highest BCUT2D eigenvalue weighted by atomic mass is 16.1. The number of rotatable bonds is 9. The highest BCUT2D eigenvalue weighted by Gasteiger charge is 2.24. The molecule has 0 radical (unpaired) electrons. The first-order valence-corrected chi connectivity index (χ1v) is 7.88. The second-order valence-electron chi connectivity index (χ2n) is 7.66. The van der Waals surface area contributed by atoms with E-state index in [4.69, 9.17) is 5.73 Å². The molecule has 19 heavy (non-hydrogen) atoms. The van der Waals surface area contributed by atoms with Gasteiger partial charge < -0.3 is 5.73 Å². The molecule has 0 saturated carbocycles. The molecule has 0 rings (SSSR count). The molecule has 0 saturated heterocycles. The van der Waals surface area contributed by atoms with Crippen molar-refractivity contribution in [2.45, 2.75) is 73.6 Å². The number of ketones is 1. The van der Waals surface area contributed by atoms with Gasteiger partial charge in [-0.05, 0) is 49.0 Å². The van der Waals surface area contributed by atoms with E-state index in [9.17, 15) is 4.79 Å². The molecule has 0 amide bonds. The Morgan fingerprint density at radius 3 is 2.11 bits per heavy atom. The maximum absolute atomic E-state index is 12.0. The zero-order valence-electron chi connectivity index (χ0n) is 14.0. The highest BCUT2D eigenvalue weighted by molar-refractivity contribution is 5.78. The van der Waals surface area contributed by atoms with Gasteiger partial charge in [0.1, 0.15) is 5.78 Å². The van der Waals surface area contributed by atoms with Crippen molar-refractivity contribution < 1.29 is 4.79 Å². The molecule has 2 nitrogen and oxygen atoms in total. The number of nitrogens with two attached hydrogens (primary N) is 1. The third kappa shape index (κ3) is 9.21. The van der Waals surface area contributed by atoms with Crippen LogP contribution in [0.2, 0.25) is 0 Å². The first kappa shape index (κ1) is 18.6. The van der Waals surface area contributed by atoms with E-state index in [0.29, 0.717) is 23.5 Å². The molecule has 0 aliphatic heterocycles. The smallest absolute Gasteiger partial charge is 0.133 e. The van der Waals surface area contributed by atoms with Gasteiger partial charge in [-0.25, -0.2) is 0 Å². The Hall–Kier alpha value is -0.370. The zero-order chi connectivity index (χ0) is 15.1. The van der Waals surface area contributed by atoms with E-state index in [1.165, 1.54) is 0 Å². The quantitative estimate of drug-likeness (QED) is 0.673. The molecule has 2 unspecified atom stereocenters. The average Bonchev–Trinajstić information content (AvgIpc) is 2.20. The Kier molecular flexibility index (Phi) is 8.56. The zero-order valence-corrected chi connectivity index (χ0v) is 14.0. The van der Waals surface area contributed by atoms with Crippen molar-refractivity contribution >= 4 is 5.78 Å². The van der Waals surface area contributed by atoms with Gasteiger partial charge >= 0.3 is 0 Å².